The summed E-state index contributed by atoms with van der Waals surface area (Å²) in [7, 11) is 0. The first-order valence-corrected chi connectivity index (χ1v) is 9.25. The van der Waals surface area contributed by atoms with E-state index in [1.54, 1.807) is 15.4 Å². The van der Waals surface area contributed by atoms with Crippen LogP contribution in [-0.2, 0) is 13.3 Å². The zero-order valence-corrected chi connectivity index (χ0v) is 15.7. The summed E-state index contributed by atoms with van der Waals surface area (Å²) in [4.78, 5) is 12.8. The molecule has 0 aliphatic heterocycles. The number of fused-ring (bicyclic) bond motifs is 2. The molecule has 0 radical (unpaired) electrons. The molecule has 0 aliphatic carbocycles. The average Bonchev–Trinajstić information content (AvgIpc) is 3.38. The Morgan fingerprint density at radius 2 is 1.37 bits per heavy atom. The van der Waals surface area contributed by atoms with Crippen LogP contribution in [0.2, 0.25) is 0 Å². The van der Waals surface area contributed by atoms with Gasteiger partial charge in [-0.1, -0.05) is 40.8 Å². The Labute approximate surface area is 170 Å². The van der Waals surface area contributed by atoms with Crippen molar-refractivity contribution in [1.82, 2.24) is 30.0 Å². The molecule has 2 aromatic heterocycles. The molecule has 2 heterocycles. The van der Waals surface area contributed by atoms with Crippen molar-refractivity contribution in [3.05, 3.63) is 82.9 Å². The number of benzene rings is 3. The van der Waals surface area contributed by atoms with Crippen LogP contribution in [0.3, 0.4) is 0 Å². The molecule has 0 aliphatic rings. The predicted octanol–water partition coefficient (Wildman–Crippen LogP) is 3.21. The number of nitro groups is 1. The van der Waals surface area contributed by atoms with Gasteiger partial charge in [0.1, 0.15) is 24.4 Å². The van der Waals surface area contributed by atoms with E-state index < -0.39 is 4.92 Å². The smallest absolute Gasteiger partial charge is 0.271 e. The fraction of sp³-hybridized carbons (Fsp3) is 0.100. The minimum atomic E-state index is -0.405. The number of nitrogens with zero attached hydrogens (tertiary/aromatic N) is 8. The van der Waals surface area contributed by atoms with Crippen LogP contribution in [0.1, 0.15) is 0 Å². The number of anilines is 1. The van der Waals surface area contributed by atoms with Gasteiger partial charge in [0.05, 0.1) is 16.0 Å². The summed E-state index contributed by atoms with van der Waals surface area (Å²) in [6.45, 7) is 0.658. The molecule has 5 rings (SSSR count). The molecular weight excluding hydrogens is 384 g/mol. The largest absolute Gasteiger partial charge is 0.332 e. The SMILES string of the molecule is O=[N+]([O-])c1cccc(N(Cn2nnc3ccccc32)Cn2nnc3ccccc32)c1. The molecule has 0 saturated carbocycles. The Morgan fingerprint density at radius 3 is 1.93 bits per heavy atom. The highest BCUT2D eigenvalue weighted by Gasteiger charge is 2.16. The van der Waals surface area contributed by atoms with Crippen molar-refractivity contribution in [1.29, 1.82) is 0 Å². The number of hydrogen-bond acceptors (Lipinski definition) is 7. The lowest BCUT2D eigenvalue weighted by atomic mass is 10.2. The quantitative estimate of drug-likeness (QED) is 0.318. The van der Waals surface area contributed by atoms with E-state index in [1.807, 2.05) is 59.5 Å². The number of para-hydroxylation sites is 2. The van der Waals surface area contributed by atoms with E-state index in [1.165, 1.54) is 12.1 Å². The molecule has 0 fully saturated rings. The van der Waals surface area contributed by atoms with Crippen molar-refractivity contribution in [2.45, 2.75) is 13.3 Å². The third kappa shape index (κ3) is 3.20. The minimum absolute atomic E-state index is 0.0180. The molecule has 10 nitrogen and oxygen atoms in total. The second-order valence-electron chi connectivity index (χ2n) is 6.76. The molecule has 5 aromatic rings. The molecule has 0 atom stereocenters. The van der Waals surface area contributed by atoms with Crippen LogP contribution in [0, 0.1) is 10.1 Å². The topological polar surface area (TPSA) is 108 Å². The molecule has 10 heteroatoms. The fourth-order valence-corrected chi connectivity index (χ4v) is 3.38. The Morgan fingerprint density at radius 1 is 0.800 bits per heavy atom. The lowest BCUT2D eigenvalue weighted by Gasteiger charge is -2.24. The minimum Gasteiger partial charge on any atom is -0.332 e. The Kier molecular flexibility index (Phi) is 4.28. The summed E-state index contributed by atoms with van der Waals surface area (Å²) in [6, 6.07) is 21.8. The molecule has 0 bridgehead atoms. The lowest BCUT2D eigenvalue weighted by molar-refractivity contribution is -0.384. The summed E-state index contributed by atoms with van der Waals surface area (Å²) < 4.78 is 3.51. The second kappa shape index (κ2) is 7.24. The van der Waals surface area contributed by atoms with E-state index in [0.29, 0.717) is 19.0 Å². The Balaban J connectivity index is 1.56. The van der Waals surface area contributed by atoms with Gasteiger partial charge >= 0.3 is 0 Å². The van der Waals surface area contributed by atoms with Gasteiger partial charge in [0.2, 0.25) is 0 Å². The first kappa shape index (κ1) is 17.7. The van der Waals surface area contributed by atoms with Gasteiger partial charge in [-0.15, -0.1) is 10.2 Å². The highest BCUT2D eigenvalue weighted by Crippen LogP contribution is 2.24. The van der Waals surface area contributed by atoms with Crippen LogP contribution in [0.25, 0.3) is 22.1 Å². The van der Waals surface area contributed by atoms with Crippen LogP contribution < -0.4 is 4.90 Å². The summed E-state index contributed by atoms with van der Waals surface area (Å²) in [5.74, 6) is 0. The average molecular weight is 400 g/mol. The number of rotatable bonds is 6. The molecule has 30 heavy (non-hydrogen) atoms. The van der Waals surface area contributed by atoms with E-state index >= 15 is 0 Å². The van der Waals surface area contributed by atoms with Gasteiger partial charge in [0.25, 0.3) is 5.69 Å². The van der Waals surface area contributed by atoms with Crippen molar-refractivity contribution in [2.24, 2.45) is 0 Å². The van der Waals surface area contributed by atoms with E-state index in [2.05, 4.69) is 20.6 Å². The first-order valence-electron chi connectivity index (χ1n) is 9.25. The highest BCUT2D eigenvalue weighted by molar-refractivity contribution is 5.74. The Hall–Kier alpha value is -4.34. The van der Waals surface area contributed by atoms with Crippen LogP contribution in [0.15, 0.2) is 72.8 Å². The number of nitro benzene ring substituents is 1. The molecule has 0 unspecified atom stereocenters. The Bertz CT molecular complexity index is 1280. The van der Waals surface area contributed by atoms with Crippen LogP contribution in [0.5, 0.6) is 0 Å². The zero-order valence-electron chi connectivity index (χ0n) is 15.7. The van der Waals surface area contributed by atoms with Crippen molar-refractivity contribution < 1.29 is 4.92 Å². The third-order valence-corrected chi connectivity index (χ3v) is 4.86. The summed E-state index contributed by atoms with van der Waals surface area (Å²) >= 11 is 0. The molecular formula is C20H16N8O2. The standard InChI is InChI=1S/C20H16N8O2/c29-28(30)16-7-5-6-15(12-16)25(13-26-19-10-3-1-8-17(19)21-23-26)14-27-20-11-4-2-9-18(20)22-24-27/h1-12H,13-14H2. The van der Waals surface area contributed by atoms with Gasteiger partial charge in [-0.3, -0.25) is 10.1 Å². The van der Waals surface area contributed by atoms with Crippen LogP contribution >= 0.6 is 0 Å². The first-order chi connectivity index (χ1) is 14.7. The monoisotopic (exact) mass is 400 g/mol. The maximum absolute atomic E-state index is 11.3. The summed E-state index contributed by atoms with van der Waals surface area (Å²) in [5, 5.41) is 28.2. The summed E-state index contributed by atoms with van der Waals surface area (Å²) in [6.07, 6.45) is 0. The maximum Gasteiger partial charge on any atom is 0.271 e. The van der Waals surface area contributed by atoms with Crippen LogP contribution in [0.4, 0.5) is 11.4 Å². The zero-order chi connectivity index (χ0) is 20.5. The lowest BCUT2D eigenvalue weighted by Crippen LogP contribution is -2.30. The highest BCUT2D eigenvalue weighted by atomic mass is 16.6. The van der Waals surface area contributed by atoms with E-state index in [0.717, 1.165) is 22.1 Å². The van der Waals surface area contributed by atoms with Gasteiger partial charge in [-0.2, -0.15) is 0 Å². The van der Waals surface area contributed by atoms with Crippen molar-refractivity contribution >= 4 is 33.4 Å². The van der Waals surface area contributed by atoms with Crippen molar-refractivity contribution in [3.63, 3.8) is 0 Å². The molecule has 148 valence electrons. The van der Waals surface area contributed by atoms with Gasteiger partial charge in [0.15, 0.2) is 0 Å². The normalized spacial score (nSPS) is 11.2. The van der Waals surface area contributed by atoms with Gasteiger partial charge < -0.3 is 4.90 Å². The van der Waals surface area contributed by atoms with Gasteiger partial charge in [0, 0.05) is 17.8 Å². The molecule has 3 aromatic carbocycles. The molecule has 0 amide bonds. The summed E-state index contributed by atoms with van der Waals surface area (Å²) in [5.41, 5.74) is 3.99. The van der Waals surface area contributed by atoms with E-state index in [9.17, 15) is 10.1 Å². The van der Waals surface area contributed by atoms with Gasteiger partial charge in [-0.25, -0.2) is 9.36 Å². The van der Waals surface area contributed by atoms with Crippen molar-refractivity contribution in [3.8, 4) is 0 Å². The molecule has 0 N–H and O–H groups in total. The fourth-order valence-electron chi connectivity index (χ4n) is 3.38. The third-order valence-electron chi connectivity index (χ3n) is 4.86. The van der Waals surface area contributed by atoms with Crippen molar-refractivity contribution in [2.75, 3.05) is 4.90 Å². The number of non-ortho nitro benzene ring substituents is 1. The molecule has 0 spiro atoms. The number of hydrogen-bond donors (Lipinski definition) is 0. The predicted molar refractivity (Wildman–Crippen MR) is 111 cm³/mol. The van der Waals surface area contributed by atoms with E-state index in [-0.39, 0.29) is 5.69 Å². The van der Waals surface area contributed by atoms with E-state index in [4.69, 9.17) is 0 Å². The number of aromatic nitrogens is 6. The maximum atomic E-state index is 11.3. The second-order valence-corrected chi connectivity index (χ2v) is 6.76. The molecule has 0 saturated heterocycles. The van der Waals surface area contributed by atoms with Gasteiger partial charge in [-0.05, 0) is 30.3 Å². The van der Waals surface area contributed by atoms with Crippen LogP contribution in [-0.4, -0.2) is 34.9 Å².